The van der Waals surface area contributed by atoms with Crippen LogP contribution in [0, 0.1) is 11.6 Å². The lowest BCUT2D eigenvalue weighted by Gasteiger charge is -2.24. The Morgan fingerprint density at radius 2 is 1.88 bits per heavy atom. The Hall–Kier alpha value is -1.45. The third kappa shape index (κ3) is 2.05. The molecule has 2 rings (SSSR count). The number of nitrogens with zero attached hydrogens (tertiary/aromatic N) is 1. The number of carbonyl (C=O) groups is 1. The van der Waals surface area contributed by atoms with Crippen molar-refractivity contribution in [2.24, 2.45) is 0 Å². The number of amides is 1. The van der Waals surface area contributed by atoms with Crippen LogP contribution in [-0.2, 0) is 6.42 Å². The molecule has 1 heterocycles. The standard InChI is InChI=1S/C10H9F2NO.C2H6/c1-13-5-4-6-2-3-7(11)9(12)8(6)10(13)14;1-2/h2-3H,4-5H2,1H3;1-2H3. The fraction of sp³-hybridized carbons (Fsp3) is 0.417. The fourth-order valence-corrected chi connectivity index (χ4v) is 1.61. The molecule has 1 aromatic carbocycles. The Morgan fingerprint density at radius 1 is 1.25 bits per heavy atom. The Bertz CT molecular complexity index is 404. The first-order chi connectivity index (χ1) is 7.61. The number of halogens is 2. The SMILES string of the molecule is CC.CN1CCc2ccc(F)c(F)c2C1=O. The molecule has 0 unspecified atom stereocenters. The third-order valence-corrected chi connectivity index (χ3v) is 2.46. The lowest BCUT2D eigenvalue weighted by atomic mass is 9.99. The summed E-state index contributed by atoms with van der Waals surface area (Å²) in [4.78, 5) is 12.9. The van der Waals surface area contributed by atoms with Crippen LogP contribution in [0.2, 0.25) is 0 Å². The first-order valence-corrected chi connectivity index (χ1v) is 5.33. The van der Waals surface area contributed by atoms with Crippen LogP contribution < -0.4 is 0 Å². The van der Waals surface area contributed by atoms with Crippen LogP contribution in [0.25, 0.3) is 0 Å². The maximum Gasteiger partial charge on any atom is 0.256 e. The predicted octanol–water partition coefficient (Wildman–Crippen LogP) is 2.62. The lowest BCUT2D eigenvalue weighted by molar-refractivity contribution is 0.0774. The molecule has 0 aliphatic carbocycles. The Kier molecular flexibility index (Phi) is 3.99. The normalized spacial score (nSPS) is 14.1. The number of benzene rings is 1. The van der Waals surface area contributed by atoms with Crippen LogP contribution >= 0.6 is 0 Å². The summed E-state index contributed by atoms with van der Waals surface area (Å²) in [6, 6.07) is 2.53. The number of likely N-dealkylation sites (N-methyl/N-ethyl adjacent to an activating group) is 1. The zero-order valence-corrected chi connectivity index (χ0v) is 9.68. The summed E-state index contributed by atoms with van der Waals surface area (Å²) in [5.41, 5.74) is 0.478. The molecule has 0 fully saturated rings. The highest BCUT2D eigenvalue weighted by Crippen LogP contribution is 2.22. The second kappa shape index (κ2) is 5.05. The van der Waals surface area contributed by atoms with E-state index in [-0.39, 0.29) is 5.56 Å². The highest BCUT2D eigenvalue weighted by molar-refractivity contribution is 5.96. The van der Waals surface area contributed by atoms with E-state index in [1.807, 2.05) is 13.8 Å². The molecule has 4 heteroatoms. The van der Waals surface area contributed by atoms with Gasteiger partial charge in [-0.05, 0) is 18.1 Å². The summed E-state index contributed by atoms with van der Waals surface area (Å²) >= 11 is 0. The zero-order valence-electron chi connectivity index (χ0n) is 9.68. The van der Waals surface area contributed by atoms with E-state index in [1.54, 1.807) is 7.05 Å². The van der Waals surface area contributed by atoms with Gasteiger partial charge in [0.25, 0.3) is 5.91 Å². The summed E-state index contributed by atoms with van der Waals surface area (Å²) in [5, 5.41) is 0. The van der Waals surface area contributed by atoms with Gasteiger partial charge in [-0.2, -0.15) is 0 Å². The molecule has 0 saturated heterocycles. The summed E-state index contributed by atoms with van der Waals surface area (Å²) < 4.78 is 26.1. The van der Waals surface area contributed by atoms with Crippen molar-refractivity contribution < 1.29 is 13.6 Å². The Morgan fingerprint density at radius 3 is 2.50 bits per heavy atom. The van der Waals surface area contributed by atoms with E-state index in [1.165, 1.54) is 11.0 Å². The number of hydrogen-bond acceptors (Lipinski definition) is 1. The van der Waals surface area contributed by atoms with Crippen LogP contribution in [-0.4, -0.2) is 24.4 Å². The predicted molar refractivity (Wildman–Crippen MR) is 58.4 cm³/mol. The van der Waals surface area contributed by atoms with E-state index in [0.717, 1.165) is 6.07 Å². The molecule has 2 nitrogen and oxygen atoms in total. The van der Waals surface area contributed by atoms with Crippen LogP contribution in [0.15, 0.2) is 12.1 Å². The number of fused-ring (bicyclic) bond motifs is 1. The van der Waals surface area contributed by atoms with Gasteiger partial charge in [0.2, 0.25) is 0 Å². The molecule has 0 bridgehead atoms. The molecule has 1 aromatic rings. The summed E-state index contributed by atoms with van der Waals surface area (Å²) in [6.45, 7) is 4.55. The maximum absolute atomic E-state index is 13.3. The van der Waals surface area contributed by atoms with Crippen molar-refractivity contribution in [3.8, 4) is 0 Å². The monoisotopic (exact) mass is 227 g/mol. The van der Waals surface area contributed by atoms with E-state index in [2.05, 4.69) is 0 Å². The first kappa shape index (κ1) is 12.6. The van der Waals surface area contributed by atoms with Crippen molar-refractivity contribution in [1.29, 1.82) is 0 Å². The highest BCUT2D eigenvalue weighted by Gasteiger charge is 2.26. The summed E-state index contributed by atoms with van der Waals surface area (Å²) in [5.74, 6) is -2.44. The first-order valence-electron chi connectivity index (χ1n) is 5.33. The van der Waals surface area contributed by atoms with Crippen molar-refractivity contribution in [1.82, 2.24) is 4.90 Å². The zero-order chi connectivity index (χ0) is 12.3. The molecule has 0 N–H and O–H groups in total. The minimum atomic E-state index is -1.03. The van der Waals surface area contributed by atoms with Crippen molar-refractivity contribution in [2.75, 3.05) is 13.6 Å². The van der Waals surface area contributed by atoms with E-state index in [9.17, 15) is 13.6 Å². The molecule has 0 radical (unpaired) electrons. The molecule has 1 amide bonds. The minimum Gasteiger partial charge on any atom is -0.341 e. The molecule has 1 aliphatic heterocycles. The van der Waals surface area contributed by atoms with Crippen molar-refractivity contribution in [3.63, 3.8) is 0 Å². The van der Waals surface area contributed by atoms with Gasteiger partial charge in [0.05, 0.1) is 5.56 Å². The van der Waals surface area contributed by atoms with Gasteiger partial charge >= 0.3 is 0 Å². The second-order valence-electron chi connectivity index (χ2n) is 3.37. The second-order valence-corrected chi connectivity index (χ2v) is 3.37. The van der Waals surface area contributed by atoms with Gasteiger partial charge in [0.15, 0.2) is 11.6 Å². The molecule has 0 saturated carbocycles. The lowest BCUT2D eigenvalue weighted by Crippen LogP contribution is -2.35. The van der Waals surface area contributed by atoms with Gasteiger partial charge in [-0.25, -0.2) is 8.78 Å². The molecule has 0 aromatic heterocycles. The number of hydrogen-bond donors (Lipinski definition) is 0. The van der Waals surface area contributed by atoms with E-state index in [0.29, 0.717) is 18.5 Å². The van der Waals surface area contributed by atoms with E-state index in [4.69, 9.17) is 0 Å². The van der Waals surface area contributed by atoms with Gasteiger partial charge in [-0.1, -0.05) is 19.9 Å². The third-order valence-electron chi connectivity index (χ3n) is 2.46. The van der Waals surface area contributed by atoms with Crippen molar-refractivity contribution in [3.05, 3.63) is 34.9 Å². The van der Waals surface area contributed by atoms with Crippen molar-refractivity contribution >= 4 is 5.91 Å². The molecule has 88 valence electrons. The largest absolute Gasteiger partial charge is 0.341 e. The fourth-order valence-electron chi connectivity index (χ4n) is 1.61. The van der Waals surface area contributed by atoms with Gasteiger partial charge in [-0.15, -0.1) is 0 Å². The Balaban J connectivity index is 0.000000606. The van der Waals surface area contributed by atoms with Crippen LogP contribution in [0.1, 0.15) is 29.8 Å². The maximum atomic E-state index is 13.3. The molecular formula is C12H15F2NO. The highest BCUT2D eigenvalue weighted by atomic mass is 19.2. The molecule has 0 spiro atoms. The van der Waals surface area contributed by atoms with E-state index < -0.39 is 17.5 Å². The molecular weight excluding hydrogens is 212 g/mol. The quantitative estimate of drug-likeness (QED) is 0.667. The summed E-state index contributed by atoms with van der Waals surface area (Å²) in [6.07, 6.45) is 0.578. The van der Waals surface area contributed by atoms with Crippen LogP contribution in [0.3, 0.4) is 0 Å². The smallest absolute Gasteiger partial charge is 0.256 e. The molecule has 0 atom stereocenters. The Labute approximate surface area is 93.9 Å². The topological polar surface area (TPSA) is 20.3 Å². The van der Waals surface area contributed by atoms with Gasteiger partial charge in [-0.3, -0.25) is 4.79 Å². The summed E-state index contributed by atoms with van der Waals surface area (Å²) in [7, 11) is 1.58. The van der Waals surface area contributed by atoms with Gasteiger partial charge in [0, 0.05) is 13.6 Å². The molecule has 16 heavy (non-hydrogen) atoms. The van der Waals surface area contributed by atoms with Crippen LogP contribution in [0.4, 0.5) is 8.78 Å². The number of rotatable bonds is 0. The molecule has 1 aliphatic rings. The average Bonchev–Trinajstić information content (AvgIpc) is 2.31. The van der Waals surface area contributed by atoms with Gasteiger partial charge in [0.1, 0.15) is 0 Å². The van der Waals surface area contributed by atoms with Gasteiger partial charge < -0.3 is 4.90 Å². The number of carbonyl (C=O) groups excluding carboxylic acids is 1. The van der Waals surface area contributed by atoms with E-state index >= 15 is 0 Å². The van der Waals surface area contributed by atoms with Crippen molar-refractivity contribution in [2.45, 2.75) is 20.3 Å². The minimum absolute atomic E-state index is 0.112. The van der Waals surface area contributed by atoms with Crippen LogP contribution in [0.5, 0.6) is 0 Å². The average molecular weight is 227 g/mol.